The van der Waals surface area contributed by atoms with Crippen LogP contribution < -0.4 is 10.6 Å². The van der Waals surface area contributed by atoms with Crippen molar-refractivity contribution in [3.8, 4) is 12.3 Å². The highest BCUT2D eigenvalue weighted by atomic mass is 19.1. The normalized spacial score (nSPS) is 9.58. The molecule has 0 fully saturated rings. The fourth-order valence-electron chi connectivity index (χ4n) is 1.55. The maximum atomic E-state index is 13.4. The van der Waals surface area contributed by atoms with Crippen LogP contribution in [0.2, 0.25) is 0 Å². The zero-order valence-electron chi connectivity index (χ0n) is 10.8. The molecule has 0 aromatic heterocycles. The second kappa shape index (κ2) is 6.55. The minimum absolute atomic E-state index is 0.115. The smallest absolute Gasteiger partial charge is 0.251 e. The number of halogens is 1. The van der Waals surface area contributed by atoms with Crippen molar-refractivity contribution in [1.82, 2.24) is 10.6 Å². The molecule has 0 saturated heterocycles. The number of carbonyl (C=O) groups excluding carboxylic acids is 2. The SMILES string of the molecule is C#CCNC(=O)CNC(=O)c1cc(C)c(F)c(C)c1. The zero-order valence-corrected chi connectivity index (χ0v) is 10.8. The summed E-state index contributed by atoms with van der Waals surface area (Å²) in [5.74, 6) is 1.12. The maximum Gasteiger partial charge on any atom is 0.251 e. The van der Waals surface area contributed by atoms with Gasteiger partial charge in [-0.1, -0.05) is 5.92 Å². The summed E-state index contributed by atoms with van der Waals surface area (Å²) in [7, 11) is 0. The summed E-state index contributed by atoms with van der Waals surface area (Å²) in [6.07, 6.45) is 4.98. The van der Waals surface area contributed by atoms with Crippen molar-refractivity contribution in [2.45, 2.75) is 13.8 Å². The van der Waals surface area contributed by atoms with E-state index >= 15 is 0 Å². The predicted octanol–water partition coefficient (Wildman–Crippen LogP) is 0.922. The lowest BCUT2D eigenvalue weighted by molar-refractivity contribution is -0.119. The summed E-state index contributed by atoms with van der Waals surface area (Å²) in [4.78, 5) is 23.0. The summed E-state index contributed by atoms with van der Waals surface area (Å²) in [5, 5.41) is 4.86. The van der Waals surface area contributed by atoms with Crippen LogP contribution in [0.3, 0.4) is 0 Å². The summed E-state index contributed by atoms with van der Waals surface area (Å²) >= 11 is 0. The first kappa shape index (κ1) is 14.7. The molecule has 0 atom stereocenters. The van der Waals surface area contributed by atoms with Crippen molar-refractivity contribution in [3.05, 3.63) is 34.6 Å². The van der Waals surface area contributed by atoms with E-state index in [1.807, 2.05) is 0 Å². The molecule has 5 heteroatoms. The van der Waals surface area contributed by atoms with Crippen molar-refractivity contribution in [2.75, 3.05) is 13.1 Å². The van der Waals surface area contributed by atoms with Gasteiger partial charge in [0.15, 0.2) is 0 Å². The first-order valence-corrected chi connectivity index (χ1v) is 5.70. The number of hydrogen-bond donors (Lipinski definition) is 2. The monoisotopic (exact) mass is 262 g/mol. The van der Waals surface area contributed by atoms with Crippen molar-refractivity contribution in [2.24, 2.45) is 0 Å². The largest absolute Gasteiger partial charge is 0.344 e. The molecule has 0 spiro atoms. The van der Waals surface area contributed by atoms with Gasteiger partial charge in [0, 0.05) is 5.56 Å². The second-order valence-corrected chi connectivity index (χ2v) is 4.09. The molecule has 1 aromatic rings. The minimum Gasteiger partial charge on any atom is -0.344 e. The molecule has 0 heterocycles. The molecule has 0 unspecified atom stereocenters. The van der Waals surface area contributed by atoms with Crippen molar-refractivity contribution < 1.29 is 14.0 Å². The van der Waals surface area contributed by atoms with Crippen molar-refractivity contribution in [3.63, 3.8) is 0 Å². The molecule has 1 aromatic carbocycles. The third kappa shape index (κ3) is 4.11. The molecule has 4 nitrogen and oxygen atoms in total. The first-order valence-electron chi connectivity index (χ1n) is 5.70. The molecule has 19 heavy (non-hydrogen) atoms. The van der Waals surface area contributed by atoms with Gasteiger partial charge >= 0.3 is 0 Å². The van der Waals surface area contributed by atoms with Gasteiger partial charge in [0.25, 0.3) is 5.91 Å². The van der Waals surface area contributed by atoms with Crippen molar-refractivity contribution in [1.29, 1.82) is 0 Å². The Labute approximate surface area is 111 Å². The third-order valence-electron chi connectivity index (χ3n) is 2.50. The molecule has 2 amide bonds. The number of rotatable bonds is 4. The quantitative estimate of drug-likeness (QED) is 0.793. The molecule has 2 N–H and O–H groups in total. The van der Waals surface area contributed by atoms with Crippen LogP contribution in [-0.4, -0.2) is 24.9 Å². The molecule has 0 radical (unpaired) electrons. The Morgan fingerprint density at radius 1 is 1.26 bits per heavy atom. The highest BCUT2D eigenvalue weighted by Gasteiger charge is 2.11. The Balaban J connectivity index is 2.64. The van der Waals surface area contributed by atoms with E-state index in [0.29, 0.717) is 16.7 Å². The Kier molecular flexibility index (Phi) is 5.07. The predicted molar refractivity (Wildman–Crippen MR) is 70.0 cm³/mol. The lowest BCUT2D eigenvalue weighted by Gasteiger charge is -2.08. The van der Waals surface area contributed by atoms with Gasteiger partial charge in [-0.05, 0) is 37.1 Å². The van der Waals surface area contributed by atoms with Crippen LogP contribution in [0, 0.1) is 32.0 Å². The number of hydrogen-bond acceptors (Lipinski definition) is 2. The van der Waals surface area contributed by atoms with Crippen LogP contribution in [0.15, 0.2) is 12.1 Å². The number of nitrogens with one attached hydrogen (secondary N) is 2. The Bertz CT molecular complexity index is 524. The average molecular weight is 262 g/mol. The summed E-state index contributed by atoms with van der Waals surface area (Å²) in [5.41, 5.74) is 1.10. The molecule has 0 aliphatic rings. The fourth-order valence-corrected chi connectivity index (χ4v) is 1.55. The van der Waals surface area contributed by atoms with E-state index in [1.54, 1.807) is 13.8 Å². The molecular formula is C14H15FN2O2. The zero-order chi connectivity index (χ0) is 14.4. The van der Waals surface area contributed by atoms with Crippen molar-refractivity contribution >= 4 is 11.8 Å². The highest BCUT2D eigenvalue weighted by Crippen LogP contribution is 2.14. The molecule has 0 saturated carbocycles. The number of amides is 2. The van der Waals surface area contributed by atoms with Gasteiger partial charge in [0.2, 0.25) is 5.91 Å². The van der Waals surface area contributed by atoms with Gasteiger partial charge in [-0.15, -0.1) is 6.42 Å². The van der Waals surface area contributed by atoms with Crippen LogP contribution in [-0.2, 0) is 4.79 Å². The van der Waals surface area contributed by atoms with Crippen LogP contribution in [0.4, 0.5) is 4.39 Å². The van der Waals surface area contributed by atoms with Gasteiger partial charge in [-0.25, -0.2) is 4.39 Å². The molecule has 0 bridgehead atoms. The molecule has 0 aliphatic heterocycles. The van der Waals surface area contributed by atoms with Gasteiger partial charge in [0.1, 0.15) is 5.82 Å². The van der Waals surface area contributed by atoms with Crippen LogP contribution in [0.1, 0.15) is 21.5 Å². The summed E-state index contributed by atoms with van der Waals surface area (Å²) < 4.78 is 13.4. The standard InChI is InChI=1S/C14H15FN2O2/c1-4-5-16-12(18)8-17-14(19)11-6-9(2)13(15)10(3)7-11/h1,6-7H,5,8H2,2-3H3,(H,16,18)(H,17,19). The molecule has 0 aliphatic carbocycles. The van der Waals surface area contributed by atoms with E-state index in [0.717, 1.165) is 0 Å². The lowest BCUT2D eigenvalue weighted by Crippen LogP contribution is -2.37. The number of aryl methyl sites for hydroxylation is 2. The Morgan fingerprint density at radius 3 is 2.37 bits per heavy atom. The van der Waals surface area contributed by atoms with E-state index in [9.17, 15) is 14.0 Å². The first-order chi connectivity index (χ1) is 8.95. The maximum absolute atomic E-state index is 13.4. The fraction of sp³-hybridized carbons (Fsp3) is 0.286. The summed E-state index contributed by atoms with van der Waals surface area (Å²) in [6.45, 7) is 3.11. The van der Waals surface area contributed by atoms with E-state index < -0.39 is 5.91 Å². The highest BCUT2D eigenvalue weighted by molar-refractivity contribution is 5.96. The van der Waals surface area contributed by atoms with Crippen LogP contribution in [0.25, 0.3) is 0 Å². The van der Waals surface area contributed by atoms with Crippen LogP contribution >= 0.6 is 0 Å². The number of terminal acetylenes is 1. The van der Waals surface area contributed by atoms with Gasteiger partial charge in [-0.2, -0.15) is 0 Å². The van der Waals surface area contributed by atoms with Crippen LogP contribution in [0.5, 0.6) is 0 Å². The van der Waals surface area contributed by atoms with E-state index in [1.165, 1.54) is 12.1 Å². The molecule has 1 rings (SSSR count). The van der Waals surface area contributed by atoms with E-state index in [4.69, 9.17) is 6.42 Å². The summed E-state index contributed by atoms with van der Waals surface area (Å²) in [6, 6.07) is 2.88. The minimum atomic E-state index is -0.429. The van der Waals surface area contributed by atoms with Gasteiger partial charge in [-0.3, -0.25) is 9.59 Å². The van der Waals surface area contributed by atoms with Gasteiger partial charge in [0.05, 0.1) is 13.1 Å². The lowest BCUT2D eigenvalue weighted by atomic mass is 10.1. The second-order valence-electron chi connectivity index (χ2n) is 4.09. The van der Waals surface area contributed by atoms with E-state index in [2.05, 4.69) is 16.6 Å². The Morgan fingerprint density at radius 2 is 1.84 bits per heavy atom. The average Bonchev–Trinajstić information content (AvgIpc) is 2.39. The van der Waals surface area contributed by atoms with E-state index in [-0.39, 0.29) is 24.8 Å². The Hall–Kier alpha value is -2.35. The number of carbonyl (C=O) groups is 2. The molecular weight excluding hydrogens is 247 g/mol. The molecule has 100 valence electrons. The topological polar surface area (TPSA) is 58.2 Å². The number of benzene rings is 1. The van der Waals surface area contributed by atoms with Gasteiger partial charge < -0.3 is 10.6 Å². The third-order valence-corrected chi connectivity index (χ3v) is 2.50.